The highest BCUT2D eigenvalue weighted by Gasteiger charge is 2.19. The molecule has 0 aliphatic carbocycles. The van der Waals surface area contributed by atoms with Crippen LogP contribution in [0.1, 0.15) is 297 Å². The van der Waals surface area contributed by atoms with Crippen molar-refractivity contribution >= 4 is 17.9 Å². The number of allylic oxidation sites excluding steroid dienone is 18. The normalized spacial score (nSPS) is 12.8. The maximum absolute atomic E-state index is 12.9. The van der Waals surface area contributed by atoms with Gasteiger partial charge in [0.1, 0.15) is 13.2 Å². The fourth-order valence-corrected chi connectivity index (χ4v) is 8.69. The van der Waals surface area contributed by atoms with E-state index in [1.165, 1.54) is 122 Å². The summed E-state index contributed by atoms with van der Waals surface area (Å²) in [5.74, 6) is -0.914. The van der Waals surface area contributed by atoms with E-state index >= 15 is 0 Å². The van der Waals surface area contributed by atoms with E-state index in [-0.39, 0.29) is 31.1 Å². The van der Waals surface area contributed by atoms with Gasteiger partial charge in [0.15, 0.2) is 6.10 Å². The fraction of sp³-hybridized carbons (Fsp3) is 0.700. The molecule has 0 aromatic carbocycles. The Hall–Kier alpha value is -3.93. The van der Waals surface area contributed by atoms with E-state index < -0.39 is 6.10 Å². The molecule has 0 aromatic heterocycles. The van der Waals surface area contributed by atoms with E-state index in [1.54, 1.807) is 0 Å². The summed E-state index contributed by atoms with van der Waals surface area (Å²) >= 11 is 0. The molecule has 1 atom stereocenters. The summed E-state index contributed by atoms with van der Waals surface area (Å²) in [5.41, 5.74) is 0. The van der Waals surface area contributed by atoms with Gasteiger partial charge in [-0.15, -0.1) is 0 Å². The number of carbonyl (C=O) groups is 3. The van der Waals surface area contributed by atoms with Crippen molar-refractivity contribution in [1.29, 1.82) is 0 Å². The van der Waals surface area contributed by atoms with Gasteiger partial charge in [-0.05, 0) is 122 Å². The van der Waals surface area contributed by atoms with Crippen LogP contribution in [0.25, 0.3) is 0 Å². The summed E-state index contributed by atoms with van der Waals surface area (Å²) in [6.45, 7) is 6.47. The molecule has 0 heterocycles. The number of ether oxygens (including phenoxy) is 3. The molecule has 0 amide bonds. The Bertz CT molecular complexity index is 1540. The zero-order valence-electron chi connectivity index (χ0n) is 49.7. The van der Waals surface area contributed by atoms with Crippen molar-refractivity contribution in [2.45, 2.75) is 303 Å². The van der Waals surface area contributed by atoms with Gasteiger partial charge in [0, 0.05) is 19.3 Å². The average Bonchev–Trinajstić information content (AvgIpc) is 3.42. The average molecular weight is 1060 g/mol. The Labute approximate surface area is 470 Å². The van der Waals surface area contributed by atoms with Crippen molar-refractivity contribution in [3.63, 3.8) is 0 Å². The maximum atomic E-state index is 12.9. The number of hydrogen-bond acceptors (Lipinski definition) is 6. The van der Waals surface area contributed by atoms with Crippen LogP contribution in [-0.4, -0.2) is 37.2 Å². The van der Waals surface area contributed by atoms with Crippen LogP contribution in [0.2, 0.25) is 0 Å². The highest BCUT2D eigenvalue weighted by atomic mass is 16.6. The number of carbonyl (C=O) groups excluding carboxylic acids is 3. The van der Waals surface area contributed by atoms with Crippen molar-refractivity contribution in [2.24, 2.45) is 0 Å². The van der Waals surface area contributed by atoms with Crippen molar-refractivity contribution in [3.8, 4) is 0 Å². The number of rotatable bonds is 57. The van der Waals surface area contributed by atoms with Crippen LogP contribution in [0.15, 0.2) is 109 Å². The minimum Gasteiger partial charge on any atom is -0.462 e. The maximum Gasteiger partial charge on any atom is 0.306 e. The second-order valence-electron chi connectivity index (χ2n) is 20.9. The Kier molecular flexibility index (Phi) is 60.3. The van der Waals surface area contributed by atoms with E-state index in [2.05, 4.69) is 130 Å². The van der Waals surface area contributed by atoms with Crippen LogP contribution in [0.3, 0.4) is 0 Å². The summed E-state index contributed by atoms with van der Waals surface area (Å²) in [4.78, 5) is 38.3. The first-order chi connectivity index (χ1) is 37.5. The van der Waals surface area contributed by atoms with E-state index in [9.17, 15) is 14.4 Å². The van der Waals surface area contributed by atoms with E-state index in [0.717, 1.165) is 135 Å². The van der Waals surface area contributed by atoms with E-state index in [0.29, 0.717) is 19.3 Å². The second-order valence-corrected chi connectivity index (χ2v) is 20.9. The van der Waals surface area contributed by atoms with Crippen LogP contribution in [0.5, 0.6) is 0 Å². The monoisotopic (exact) mass is 1050 g/mol. The summed E-state index contributed by atoms with van der Waals surface area (Å²) in [5, 5.41) is 0. The van der Waals surface area contributed by atoms with Gasteiger partial charge >= 0.3 is 17.9 Å². The lowest BCUT2D eigenvalue weighted by Crippen LogP contribution is -2.30. The molecule has 0 saturated carbocycles. The summed E-state index contributed by atoms with van der Waals surface area (Å²) in [7, 11) is 0. The molecular weight excluding hydrogens is 937 g/mol. The van der Waals surface area contributed by atoms with Gasteiger partial charge in [-0.3, -0.25) is 14.4 Å². The number of unbranched alkanes of at least 4 members (excludes halogenated alkanes) is 28. The molecule has 6 heteroatoms. The standard InChI is InChI=1S/C70H118O6/c1-4-7-10-13-16-19-22-25-28-30-32-33-34-35-36-37-39-40-42-45-48-51-54-57-60-63-69(72)75-66-67(65-74-68(71)62-59-56-53-50-47-44-27-24-21-18-15-12-9-6-3)76-70(73)64-61-58-55-52-49-46-43-41-38-31-29-26-23-20-17-14-11-8-5-2/h7,10,15-16,18-19,24-29,32-33,35-36,39-40,67H,4-6,8-9,11-14,17,20-23,30-31,34,37-38,41-66H2,1-3H3/b10-7-,18-15-,19-16-,27-24-,28-25-,29-26-,33-32-,36-35-,40-39-. The predicted molar refractivity (Wildman–Crippen MR) is 330 cm³/mol. The third kappa shape index (κ3) is 60.9. The zero-order chi connectivity index (χ0) is 55.0. The molecule has 0 aliphatic heterocycles. The number of esters is 3. The molecule has 0 radical (unpaired) electrons. The molecule has 434 valence electrons. The third-order valence-electron chi connectivity index (χ3n) is 13.5. The smallest absolute Gasteiger partial charge is 0.306 e. The van der Waals surface area contributed by atoms with Gasteiger partial charge in [-0.2, -0.15) is 0 Å². The van der Waals surface area contributed by atoms with Gasteiger partial charge < -0.3 is 14.2 Å². The van der Waals surface area contributed by atoms with E-state index in [1.807, 2.05) is 0 Å². The van der Waals surface area contributed by atoms with Gasteiger partial charge in [0.2, 0.25) is 0 Å². The molecule has 76 heavy (non-hydrogen) atoms. The largest absolute Gasteiger partial charge is 0.462 e. The first kappa shape index (κ1) is 72.1. The molecule has 0 aliphatic rings. The Morgan fingerprint density at radius 3 is 0.855 bits per heavy atom. The predicted octanol–water partition coefficient (Wildman–Crippen LogP) is 21.8. The third-order valence-corrected chi connectivity index (χ3v) is 13.5. The van der Waals surface area contributed by atoms with Crippen LogP contribution in [0.4, 0.5) is 0 Å². The quantitative estimate of drug-likeness (QED) is 0.0261. The lowest BCUT2D eigenvalue weighted by molar-refractivity contribution is -0.167. The first-order valence-corrected chi connectivity index (χ1v) is 31.9. The van der Waals surface area contributed by atoms with Gasteiger partial charge in [-0.1, -0.05) is 265 Å². The molecule has 1 unspecified atom stereocenters. The zero-order valence-corrected chi connectivity index (χ0v) is 49.7. The Balaban J connectivity index is 4.40. The fourth-order valence-electron chi connectivity index (χ4n) is 8.69. The van der Waals surface area contributed by atoms with Gasteiger partial charge in [-0.25, -0.2) is 0 Å². The van der Waals surface area contributed by atoms with Crippen molar-refractivity contribution in [3.05, 3.63) is 109 Å². The first-order valence-electron chi connectivity index (χ1n) is 31.9. The van der Waals surface area contributed by atoms with Crippen molar-refractivity contribution in [1.82, 2.24) is 0 Å². The van der Waals surface area contributed by atoms with Crippen LogP contribution in [-0.2, 0) is 28.6 Å². The Morgan fingerprint density at radius 1 is 0.276 bits per heavy atom. The molecule has 0 saturated heterocycles. The van der Waals surface area contributed by atoms with Gasteiger partial charge in [0.25, 0.3) is 0 Å². The van der Waals surface area contributed by atoms with Gasteiger partial charge in [0.05, 0.1) is 0 Å². The minimum atomic E-state index is -0.794. The summed E-state index contributed by atoms with van der Waals surface area (Å²) < 4.78 is 16.9. The molecule has 6 nitrogen and oxygen atoms in total. The lowest BCUT2D eigenvalue weighted by Gasteiger charge is -2.18. The van der Waals surface area contributed by atoms with Crippen molar-refractivity contribution in [2.75, 3.05) is 13.2 Å². The minimum absolute atomic E-state index is 0.0912. The summed E-state index contributed by atoms with van der Waals surface area (Å²) in [6, 6.07) is 0. The highest BCUT2D eigenvalue weighted by Crippen LogP contribution is 2.15. The van der Waals surface area contributed by atoms with E-state index in [4.69, 9.17) is 14.2 Å². The Morgan fingerprint density at radius 2 is 0.526 bits per heavy atom. The van der Waals surface area contributed by atoms with Crippen molar-refractivity contribution < 1.29 is 28.6 Å². The summed E-state index contributed by atoms with van der Waals surface area (Å²) in [6.07, 6.45) is 86.6. The highest BCUT2D eigenvalue weighted by molar-refractivity contribution is 5.71. The lowest BCUT2D eigenvalue weighted by atomic mass is 10.1. The molecular formula is C70H118O6. The second kappa shape index (κ2) is 63.6. The van der Waals surface area contributed by atoms with Crippen LogP contribution >= 0.6 is 0 Å². The molecule has 0 aromatic rings. The topological polar surface area (TPSA) is 78.9 Å². The molecule has 0 fully saturated rings. The van der Waals surface area contributed by atoms with Crippen LogP contribution < -0.4 is 0 Å². The number of hydrogen-bond donors (Lipinski definition) is 0. The molecule has 0 rings (SSSR count). The molecule has 0 bridgehead atoms. The molecule has 0 spiro atoms. The van der Waals surface area contributed by atoms with Crippen LogP contribution in [0, 0.1) is 0 Å². The molecule has 0 N–H and O–H groups in total. The SMILES string of the molecule is CC/C=C\C/C=C\C/C=C\C/C=C\C/C=C\C/C=C\CCCCCCCCC(=O)OCC(COC(=O)CCCCCCC/C=C\C/C=C\CCCC)OC(=O)CCCCCCCCCCC/C=C\CCCCCCCC.